The fraction of sp³-hybridized carbons (Fsp3) is 0.846. The van der Waals surface area contributed by atoms with Gasteiger partial charge in [-0.25, -0.2) is 0 Å². The zero-order valence-corrected chi connectivity index (χ0v) is 11.8. The highest BCUT2D eigenvalue weighted by molar-refractivity contribution is 5.82. The Morgan fingerprint density at radius 3 is 2.44 bits per heavy atom. The van der Waals surface area contributed by atoms with Crippen LogP contribution < -0.4 is 10.6 Å². The van der Waals surface area contributed by atoms with E-state index in [0.29, 0.717) is 13.0 Å². The third kappa shape index (κ3) is 6.71. The summed E-state index contributed by atoms with van der Waals surface area (Å²) in [5.74, 6) is -0.126. The van der Waals surface area contributed by atoms with Crippen LogP contribution in [0.2, 0.25) is 0 Å². The van der Waals surface area contributed by atoms with Crippen molar-refractivity contribution in [2.45, 2.75) is 44.6 Å². The molecule has 1 amide bonds. The highest BCUT2D eigenvalue weighted by atomic mass is 16.5. The number of unbranched alkanes of at least 4 members (excludes halogenated alkanes) is 2. The van der Waals surface area contributed by atoms with Crippen LogP contribution in [0.25, 0.3) is 0 Å². The van der Waals surface area contributed by atoms with E-state index in [2.05, 4.69) is 10.6 Å². The van der Waals surface area contributed by atoms with E-state index >= 15 is 0 Å². The number of amides is 1. The van der Waals surface area contributed by atoms with Crippen molar-refractivity contribution in [2.24, 2.45) is 0 Å². The first-order valence-electron chi connectivity index (χ1n) is 6.57. The van der Waals surface area contributed by atoms with Crippen molar-refractivity contribution < 1.29 is 14.3 Å². The van der Waals surface area contributed by atoms with E-state index in [0.717, 1.165) is 32.1 Å². The summed E-state index contributed by atoms with van der Waals surface area (Å²) < 4.78 is 5.13. The monoisotopic (exact) mass is 258 g/mol. The zero-order chi connectivity index (χ0) is 13.9. The van der Waals surface area contributed by atoms with Crippen molar-refractivity contribution in [3.05, 3.63) is 0 Å². The number of nitrogens with one attached hydrogen (secondary N) is 2. The largest absolute Gasteiger partial charge is 0.370 e. The minimum absolute atomic E-state index is 0.0972. The molecule has 5 heteroatoms. The van der Waals surface area contributed by atoms with Crippen LogP contribution in [0.15, 0.2) is 0 Å². The molecular formula is C13H26N2O3. The maximum absolute atomic E-state index is 11.7. The second kappa shape index (κ2) is 10.0. The summed E-state index contributed by atoms with van der Waals surface area (Å²) >= 11 is 0. The second-order valence-corrected chi connectivity index (χ2v) is 4.43. The number of ether oxygens (including phenoxy) is 1. The molecule has 0 aromatic heterocycles. The lowest BCUT2D eigenvalue weighted by Crippen LogP contribution is -2.39. The SMILES string of the molecule is CCC(C=O)(CC(=O)NCCCCCNC)OC. The fourth-order valence-electron chi connectivity index (χ4n) is 1.68. The van der Waals surface area contributed by atoms with Gasteiger partial charge >= 0.3 is 0 Å². The van der Waals surface area contributed by atoms with Crippen molar-refractivity contribution in [3.8, 4) is 0 Å². The van der Waals surface area contributed by atoms with Crippen molar-refractivity contribution in [3.63, 3.8) is 0 Å². The molecule has 0 rings (SSSR count). The summed E-state index contributed by atoms with van der Waals surface area (Å²) in [5.41, 5.74) is -0.962. The molecule has 0 aromatic rings. The molecule has 0 aliphatic rings. The Morgan fingerprint density at radius 1 is 1.28 bits per heavy atom. The summed E-state index contributed by atoms with van der Waals surface area (Å²) in [4.78, 5) is 22.6. The molecule has 1 atom stereocenters. The van der Waals surface area contributed by atoms with Crippen LogP contribution >= 0.6 is 0 Å². The Balaban J connectivity index is 3.79. The van der Waals surface area contributed by atoms with Gasteiger partial charge < -0.3 is 20.2 Å². The Hall–Kier alpha value is -0.940. The molecule has 0 spiro atoms. The Kier molecular flexibility index (Phi) is 9.50. The second-order valence-electron chi connectivity index (χ2n) is 4.43. The molecule has 0 aliphatic carbocycles. The van der Waals surface area contributed by atoms with E-state index in [1.165, 1.54) is 7.11 Å². The summed E-state index contributed by atoms with van der Waals surface area (Å²) in [7, 11) is 3.39. The molecule has 0 heterocycles. The third-order valence-corrected chi connectivity index (χ3v) is 3.11. The predicted molar refractivity (Wildman–Crippen MR) is 71.5 cm³/mol. The summed E-state index contributed by atoms with van der Waals surface area (Å²) in [6.07, 6.45) is 4.47. The molecule has 1 unspecified atom stereocenters. The normalized spacial score (nSPS) is 13.9. The first-order chi connectivity index (χ1) is 8.64. The van der Waals surface area contributed by atoms with Crippen molar-refractivity contribution in [1.82, 2.24) is 10.6 Å². The molecule has 106 valence electrons. The first-order valence-corrected chi connectivity index (χ1v) is 6.57. The van der Waals surface area contributed by atoms with E-state index in [1.807, 2.05) is 14.0 Å². The smallest absolute Gasteiger partial charge is 0.223 e. The molecule has 18 heavy (non-hydrogen) atoms. The van der Waals surface area contributed by atoms with Gasteiger partial charge in [0.05, 0.1) is 6.42 Å². The summed E-state index contributed by atoms with van der Waals surface area (Å²) in [6, 6.07) is 0. The quantitative estimate of drug-likeness (QED) is 0.426. The molecule has 0 saturated heterocycles. The van der Waals surface area contributed by atoms with Crippen molar-refractivity contribution in [1.29, 1.82) is 0 Å². The van der Waals surface area contributed by atoms with Gasteiger partial charge in [0.1, 0.15) is 5.60 Å². The Bertz CT molecular complexity index is 240. The molecule has 0 aliphatic heterocycles. The number of carbonyl (C=O) groups is 2. The van der Waals surface area contributed by atoms with Gasteiger partial charge in [-0.05, 0) is 32.9 Å². The third-order valence-electron chi connectivity index (χ3n) is 3.11. The van der Waals surface area contributed by atoms with Gasteiger partial charge in [-0.2, -0.15) is 0 Å². The van der Waals surface area contributed by atoms with Gasteiger partial charge in [-0.3, -0.25) is 4.79 Å². The lowest BCUT2D eigenvalue weighted by Gasteiger charge is -2.24. The maximum Gasteiger partial charge on any atom is 0.223 e. The molecule has 5 nitrogen and oxygen atoms in total. The molecule has 0 bridgehead atoms. The minimum atomic E-state index is -0.962. The van der Waals surface area contributed by atoms with Crippen LogP contribution in [0.5, 0.6) is 0 Å². The molecule has 0 aromatic carbocycles. The van der Waals surface area contributed by atoms with Crippen LogP contribution in [0, 0.1) is 0 Å². The number of carbonyl (C=O) groups excluding carboxylic acids is 2. The van der Waals surface area contributed by atoms with Gasteiger partial charge in [-0.1, -0.05) is 13.3 Å². The van der Waals surface area contributed by atoms with Crippen LogP contribution in [-0.4, -0.2) is 45.0 Å². The van der Waals surface area contributed by atoms with E-state index in [1.54, 1.807) is 0 Å². The molecule has 2 N–H and O–H groups in total. The van der Waals surface area contributed by atoms with Crippen LogP contribution in [0.3, 0.4) is 0 Å². The Morgan fingerprint density at radius 2 is 1.94 bits per heavy atom. The number of methoxy groups -OCH3 is 1. The van der Waals surface area contributed by atoms with E-state index < -0.39 is 5.60 Å². The Labute approximate surface area is 110 Å². The van der Waals surface area contributed by atoms with Crippen molar-refractivity contribution >= 4 is 12.2 Å². The van der Waals surface area contributed by atoms with E-state index in [-0.39, 0.29) is 12.3 Å². The first kappa shape index (κ1) is 17.1. The van der Waals surface area contributed by atoms with Gasteiger partial charge in [0.2, 0.25) is 5.91 Å². The number of hydrogen-bond donors (Lipinski definition) is 2. The number of aldehydes is 1. The lowest BCUT2D eigenvalue weighted by molar-refractivity contribution is -0.138. The van der Waals surface area contributed by atoms with Crippen molar-refractivity contribution in [2.75, 3.05) is 27.2 Å². The molecular weight excluding hydrogens is 232 g/mol. The highest BCUT2D eigenvalue weighted by Gasteiger charge is 2.30. The minimum Gasteiger partial charge on any atom is -0.370 e. The molecule has 0 saturated carbocycles. The van der Waals surface area contributed by atoms with Gasteiger partial charge in [-0.15, -0.1) is 0 Å². The topological polar surface area (TPSA) is 67.4 Å². The molecule has 0 fully saturated rings. The number of rotatable bonds is 11. The summed E-state index contributed by atoms with van der Waals surface area (Å²) in [6.45, 7) is 3.50. The zero-order valence-electron chi connectivity index (χ0n) is 11.8. The standard InChI is InChI=1S/C13H26N2O3/c1-4-13(11-16,18-3)10-12(17)15-9-7-5-6-8-14-2/h11,14H,4-10H2,1-3H3,(H,15,17). The molecule has 0 radical (unpaired) electrons. The fourth-order valence-corrected chi connectivity index (χ4v) is 1.68. The van der Waals surface area contributed by atoms with Gasteiger partial charge in [0.15, 0.2) is 6.29 Å². The highest BCUT2D eigenvalue weighted by Crippen LogP contribution is 2.16. The van der Waals surface area contributed by atoms with Gasteiger partial charge in [0, 0.05) is 13.7 Å². The number of hydrogen-bond acceptors (Lipinski definition) is 4. The van der Waals surface area contributed by atoms with Crippen LogP contribution in [0.1, 0.15) is 39.0 Å². The predicted octanol–water partition coefficient (Wildman–Crippen LogP) is 0.877. The van der Waals surface area contributed by atoms with E-state index in [9.17, 15) is 9.59 Å². The van der Waals surface area contributed by atoms with Crippen LogP contribution in [0.4, 0.5) is 0 Å². The average Bonchev–Trinajstić information content (AvgIpc) is 2.40. The summed E-state index contributed by atoms with van der Waals surface area (Å²) in [5, 5.41) is 5.90. The van der Waals surface area contributed by atoms with Crippen LogP contribution in [-0.2, 0) is 14.3 Å². The van der Waals surface area contributed by atoms with Gasteiger partial charge in [0.25, 0.3) is 0 Å². The maximum atomic E-state index is 11.7. The van der Waals surface area contributed by atoms with E-state index in [4.69, 9.17) is 4.74 Å². The average molecular weight is 258 g/mol. The lowest BCUT2D eigenvalue weighted by atomic mass is 9.97.